The van der Waals surface area contributed by atoms with Gasteiger partial charge in [0.15, 0.2) is 0 Å². The standard InChI is InChI=1S/C14H28N2O2/c1-11-13(6-9-18-11)16(3)8-7-14(2,10-17)15-12-4-5-12/h11-13,15,17H,4-10H2,1-3H3. The first-order chi connectivity index (χ1) is 8.54. The van der Waals surface area contributed by atoms with E-state index in [4.69, 9.17) is 4.74 Å². The molecule has 3 atom stereocenters. The van der Waals surface area contributed by atoms with Crippen molar-refractivity contribution < 1.29 is 9.84 Å². The third kappa shape index (κ3) is 3.67. The van der Waals surface area contributed by atoms with Crippen molar-refractivity contribution in [2.45, 2.75) is 63.3 Å². The molecule has 0 aromatic carbocycles. The third-order valence-electron chi connectivity index (χ3n) is 4.40. The summed E-state index contributed by atoms with van der Waals surface area (Å²) in [5.74, 6) is 0. The molecule has 0 amide bonds. The lowest BCUT2D eigenvalue weighted by Gasteiger charge is -2.33. The van der Waals surface area contributed by atoms with Gasteiger partial charge in [0.1, 0.15) is 0 Å². The van der Waals surface area contributed by atoms with Gasteiger partial charge < -0.3 is 20.1 Å². The Kier molecular flexibility index (Phi) is 4.64. The Balaban J connectivity index is 1.77. The van der Waals surface area contributed by atoms with Gasteiger partial charge in [0, 0.05) is 30.8 Å². The fraction of sp³-hybridized carbons (Fsp3) is 1.00. The second-order valence-electron chi connectivity index (χ2n) is 6.30. The minimum Gasteiger partial charge on any atom is -0.394 e. The highest BCUT2D eigenvalue weighted by atomic mass is 16.5. The summed E-state index contributed by atoms with van der Waals surface area (Å²) in [6.07, 6.45) is 4.98. The molecule has 2 N–H and O–H groups in total. The minimum absolute atomic E-state index is 0.127. The van der Waals surface area contributed by atoms with Crippen molar-refractivity contribution in [3.05, 3.63) is 0 Å². The molecule has 0 aromatic heterocycles. The van der Waals surface area contributed by atoms with Crippen molar-refractivity contribution in [3.8, 4) is 0 Å². The summed E-state index contributed by atoms with van der Waals surface area (Å²) in [7, 11) is 2.17. The molecule has 4 heteroatoms. The molecule has 1 aliphatic carbocycles. The van der Waals surface area contributed by atoms with E-state index in [1.807, 2.05) is 0 Å². The van der Waals surface area contributed by atoms with Crippen molar-refractivity contribution >= 4 is 0 Å². The summed E-state index contributed by atoms with van der Waals surface area (Å²) in [5.41, 5.74) is -0.127. The molecule has 1 saturated heterocycles. The van der Waals surface area contributed by atoms with Crippen molar-refractivity contribution in [3.63, 3.8) is 0 Å². The largest absolute Gasteiger partial charge is 0.394 e. The van der Waals surface area contributed by atoms with Crippen LogP contribution < -0.4 is 5.32 Å². The Hall–Kier alpha value is -0.160. The van der Waals surface area contributed by atoms with E-state index in [1.165, 1.54) is 12.8 Å². The maximum atomic E-state index is 9.59. The van der Waals surface area contributed by atoms with Crippen molar-refractivity contribution in [1.82, 2.24) is 10.2 Å². The van der Waals surface area contributed by atoms with Crippen molar-refractivity contribution in [2.75, 3.05) is 26.8 Å². The first-order valence-corrected chi connectivity index (χ1v) is 7.24. The molecule has 0 aromatic rings. The first kappa shape index (κ1) is 14.3. The van der Waals surface area contributed by atoms with Crippen LogP contribution in [0.1, 0.15) is 39.5 Å². The highest BCUT2D eigenvalue weighted by Crippen LogP contribution is 2.25. The Morgan fingerprint density at radius 2 is 2.11 bits per heavy atom. The molecular formula is C14H28N2O2. The SMILES string of the molecule is CC1OCCC1N(C)CCC(C)(CO)NC1CC1. The maximum absolute atomic E-state index is 9.59. The molecule has 1 saturated carbocycles. The van der Waals surface area contributed by atoms with E-state index in [1.54, 1.807) is 0 Å². The number of aliphatic hydroxyl groups is 1. The van der Waals surface area contributed by atoms with Crippen molar-refractivity contribution in [1.29, 1.82) is 0 Å². The summed E-state index contributed by atoms with van der Waals surface area (Å²) in [6, 6.07) is 1.18. The van der Waals surface area contributed by atoms with Gasteiger partial charge in [0.25, 0.3) is 0 Å². The zero-order chi connectivity index (χ0) is 13.2. The number of likely N-dealkylation sites (N-methyl/N-ethyl adjacent to an activating group) is 1. The normalized spacial score (nSPS) is 31.8. The number of ether oxygens (including phenoxy) is 1. The van der Waals surface area contributed by atoms with Gasteiger partial charge in [-0.15, -0.1) is 0 Å². The molecule has 106 valence electrons. The van der Waals surface area contributed by atoms with Crippen LogP contribution in [0.5, 0.6) is 0 Å². The molecule has 2 aliphatic rings. The summed E-state index contributed by atoms with van der Waals surface area (Å²) >= 11 is 0. The van der Waals surface area contributed by atoms with Gasteiger partial charge in [-0.05, 0) is 46.6 Å². The minimum atomic E-state index is -0.127. The van der Waals surface area contributed by atoms with Crippen LogP contribution in [0.4, 0.5) is 0 Å². The molecule has 1 heterocycles. The molecule has 18 heavy (non-hydrogen) atoms. The Labute approximate surface area is 111 Å². The number of rotatable bonds is 7. The molecule has 2 rings (SSSR count). The molecule has 0 bridgehead atoms. The van der Waals surface area contributed by atoms with Crippen LogP contribution in [0.3, 0.4) is 0 Å². The number of aliphatic hydroxyl groups excluding tert-OH is 1. The molecule has 3 unspecified atom stereocenters. The van der Waals surface area contributed by atoms with Crippen LogP contribution in [0.15, 0.2) is 0 Å². The van der Waals surface area contributed by atoms with E-state index in [2.05, 4.69) is 31.1 Å². The van der Waals surface area contributed by atoms with E-state index in [0.717, 1.165) is 26.0 Å². The van der Waals surface area contributed by atoms with E-state index in [0.29, 0.717) is 18.2 Å². The molecule has 4 nitrogen and oxygen atoms in total. The number of hydrogen-bond acceptors (Lipinski definition) is 4. The quantitative estimate of drug-likeness (QED) is 0.713. The third-order valence-corrected chi connectivity index (χ3v) is 4.40. The van der Waals surface area contributed by atoms with Gasteiger partial charge in [-0.25, -0.2) is 0 Å². The number of nitrogens with zero attached hydrogens (tertiary/aromatic N) is 1. The fourth-order valence-electron chi connectivity index (χ4n) is 2.81. The molecule has 2 fully saturated rings. The highest BCUT2D eigenvalue weighted by molar-refractivity contribution is 4.93. The topological polar surface area (TPSA) is 44.7 Å². The van der Waals surface area contributed by atoms with Gasteiger partial charge in [0.05, 0.1) is 12.7 Å². The first-order valence-electron chi connectivity index (χ1n) is 7.24. The summed E-state index contributed by atoms with van der Waals surface area (Å²) < 4.78 is 5.61. The van der Waals surface area contributed by atoms with E-state index < -0.39 is 0 Å². The van der Waals surface area contributed by atoms with E-state index in [-0.39, 0.29) is 12.1 Å². The van der Waals surface area contributed by atoms with Crippen LogP contribution >= 0.6 is 0 Å². The predicted octanol–water partition coefficient (Wildman–Crippen LogP) is 0.989. The average molecular weight is 256 g/mol. The van der Waals surface area contributed by atoms with Crippen LogP contribution in [0.2, 0.25) is 0 Å². The van der Waals surface area contributed by atoms with Gasteiger partial charge in [0.2, 0.25) is 0 Å². The molecular weight excluding hydrogens is 228 g/mol. The van der Waals surface area contributed by atoms with E-state index in [9.17, 15) is 5.11 Å². The fourth-order valence-corrected chi connectivity index (χ4v) is 2.81. The lowest BCUT2D eigenvalue weighted by molar-refractivity contribution is 0.0762. The lowest BCUT2D eigenvalue weighted by Crippen LogP contribution is -2.50. The van der Waals surface area contributed by atoms with Crippen LogP contribution in [0, 0.1) is 0 Å². The zero-order valence-electron chi connectivity index (χ0n) is 12.0. The zero-order valence-corrected chi connectivity index (χ0v) is 12.0. The Bertz CT molecular complexity index is 271. The van der Waals surface area contributed by atoms with Crippen LogP contribution in [-0.2, 0) is 4.74 Å². The van der Waals surface area contributed by atoms with Gasteiger partial charge in [-0.2, -0.15) is 0 Å². The van der Waals surface area contributed by atoms with Gasteiger partial charge in [-0.1, -0.05) is 0 Å². The maximum Gasteiger partial charge on any atom is 0.0702 e. The summed E-state index contributed by atoms with van der Waals surface area (Å²) in [4.78, 5) is 2.39. The smallest absolute Gasteiger partial charge is 0.0702 e. The van der Waals surface area contributed by atoms with Gasteiger partial charge in [-0.3, -0.25) is 0 Å². The Morgan fingerprint density at radius 1 is 1.39 bits per heavy atom. The predicted molar refractivity (Wildman–Crippen MR) is 72.7 cm³/mol. The highest BCUT2D eigenvalue weighted by Gasteiger charge is 2.33. The van der Waals surface area contributed by atoms with Crippen LogP contribution in [0.25, 0.3) is 0 Å². The second kappa shape index (κ2) is 5.87. The molecule has 1 aliphatic heterocycles. The lowest BCUT2D eigenvalue weighted by atomic mass is 9.97. The number of hydrogen-bond donors (Lipinski definition) is 2. The van der Waals surface area contributed by atoms with Crippen LogP contribution in [-0.4, -0.2) is 60.5 Å². The summed E-state index contributed by atoms with van der Waals surface area (Å²) in [6.45, 7) is 6.40. The molecule has 0 spiro atoms. The van der Waals surface area contributed by atoms with Gasteiger partial charge >= 0.3 is 0 Å². The van der Waals surface area contributed by atoms with E-state index >= 15 is 0 Å². The number of nitrogens with one attached hydrogen (secondary N) is 1. The summed E-state index contributed by atoms with van der Waals surface area (Å²) in [5, 5.41) is 13.2. The van der Waals surface area contributed by atoms with Crippen molar-refractivity contribution in [2.24, 2.45) is 0 Å². The average Bonchev–Trinajstić information content (AvgIpc) is 3.05. The Morgan fingerprint density at radius 3 is 2.61 bits per heavy atom. The molecule has 0 radical (unpaired) electrons. The monoisotopic (exact) mass is 256 g/mol. The second-order valence-corrected chi connectivity index (χ2v) is 6.30.